The number of carbonyl (C=O) groups is 1. The number of ketones is 1. The fourth-order valence-corrected chi connectivity index (χ4v) is 0.786. The van der Waals surface area contributed by atoms with Crippen LogP contribution >= 0.6 is 0 Å². The quantitative estimate of drug-likeness (QED) is 0.467. The monoisotopic (exact) mass is 150 g/mol. The molecule has 3 heteroatoms. The summed E-state index contributed by atoms with van der Waals surface area (Å²) in [6.45, 7) is 5.27. The molecule has 0 N–H and O–H groups in total. The van der Waals surface area contributed by atoms with Crippen molar-refractivity contribution in [2.45, 2.75) is 6.92 Å². The van der Waals surface area contributed by atoms with Gasteiger partial charge in [0, 0.05) is 12.7 Å². The van der Waals surface area contributed by atoms with Crippen molar-refractivity contribution in [2.24, 2.45) is 7.05 Å². The second-order valence-corrected chi connectivity index (χ2v) is 2.36. The summed E-state index contributed by atoms with van der Waals surface area (Å²) in [6.07, 6.45) is 1.27. The van der Waals surface area contributed by atoms with Crippen LogP contribution in [-0.4, -0.2) is 15.6 Å². The highest BCUT2D eigenvalue weighted by molar-refractivity contribution is 6.02. The molecular formula is C8H10N2O. The van der Waals surface area contributed by atoms with Crippen molar-refractivity contribution in [1.82, 2.24) is 9.78 Å². The summed E-state index contributed by atoms with van der Waals surface area (Å²) >= 11 is 0. The molecule has 0 radical (unpaired) electrons. The summed E-state index contributed by atoms with van der Waals surface area (Å²) in [7, 11) is 1.80. The number of carbonyl (C=O) groups excluding carboxylic acids is 1. The number of aromatic nitrogens is 2. The zero-order chi connectivity index (χ0) is 8.43. The van der Waals surface area contributed by atoms with Gasteiger partial charge in [-0.15, -0.1) is 0 Å². The van der Waals surface area contributed by atoms with Crippen LogP contribution in [0.15, 0.2) is 18.7 Å². The van der Waals surface area contributed by atoms with Crippen LogP contribution < -0.4 is 0 Å². The summed E-state index contributed by atoms with van der Waals surface area (Å²) < 4.78 is 1.66. The van der Waals surface area contributed by atoms with Crippen molar-refractivity contribution >= 4 is 5.78 Å². The Morgan fingerprint density at radius 3 is 2.82 bits per heavy atom. The molecule has 1 aromatic rings. The minimum atomic E-state index is -0.131. The van der Waals surface area contributed by atoms with E-state index in [1.54, 1.807) is 17.8 Å². The van der Waals surface area contributed by atoms with Gasteiger partial charge in [0.15, 0.2) is 0 Å². The Balaban J connectivity index is 3.06. The van der Waals surface area contributed by atoms with Crippen LogP contribution in [-0.2, 0) is 7.05 Å². The molecule has 1 aromatic heterocycles. The zero-order valence-electron chi connectivity index (χ0n) is 6.66. The van der Waals surface area contributed by atoms with E-state index in [0.717, 1.165) is 5.69 Å². The highest BCUT2D eigenvalue weighted by Crippen LogP contribution is 2.01. The van der Waals surface area contributed by atoms with E-state index < -0.39 is 0 Å². The lowest BCUT2D eigenvalue weighted by molar-refractivity contribution is 0.104. The van der Waals surface area contributed by atoms with E-state index in [4.69, 9.17) is 0 Å². The van der Waals surface area contributed by atoms with Gasteiger partial charge < -0.3 is 0 Å². The van der Waals surface area contributed by atoms with Gasteiger partial charge in [-0.25, -0.2) is 0 Å². The number of allylic oxidation sites excluding steroid dienone is 1. The van der Waals surface area contributed by atoms with E-state index in [0.29, 0.717) is 5.69 Å². The van der Waals surface area contributed by atoms with E-state index in [2.05, 4.69) is 11.7 Å². The number of aryl methyl sites for hydroxylation is 2. The van der Waals surface area contributed by atoms with E-state index in [-0.39, 0.29) is 5.78 Å². The molecule has 0 aliphatic heterocycles. The minimum absolute atomic E-state index is 0.131. The molecular weight excluding hydrogens is 140 g/mol. The van der Waals surface area contributed by atoms with Crippen molar-refractivity contribution in [3.63, 3.8) is 0 Å². The van der Waals surface area contributed by atoms with Crippen molar-refractivity contribution < 1.29 is 4.79 Å². The van der Waals surface area contributed by atoms with Crippen LogP contribution in [0.1, 0.15) is 16.2 Å². The average Bonchev–Trinajstić information content (AvgIpc) is 2.31. The molecule has 0 amide bonds. The topological polar surface area (TPSA) is 34.9 Å². The highest BCUT2D eigenvalue weighted by atomic mass is 16.1. The van der Waals surface area contributed by atoms with Gasteiger partial charge in [0.1, 0.15) is 5.69 Å². The third-order valence-electron chi connectivity index (χ3n) is 1.55. The van der Waals surface area contributed by atoms with Gasteiger partial charge in [0.2, 0.25) is 5.78 Å². The Labute approximate surface area is 65.3 Å². The SMILES string of the molecule is C=CC(=O)c1cc(C)n(C)n1. The molecule has 1 heterocycles. The van der Waals surface area contributed by atoms with Gasteiger partial charge in [-0.1, -0.05) is 6.58 Å². The largest absolute Gasteiger partial charge is 0.287 e. The predicted octanol–water partition coefficient (Wildman–Crippen LogP) is 1.10. The maximum Gasteiger partial charge on any atom is 0.205 e. The molecule has 58 valence electrons. The first-order valence-electron chi connectivity index (χ1n) is 3.32. The molecule has 0 spiro atoms. The van der Waals surface area contributed by atoms with Crippen LogP contribution in [0.5, 0.6) is 0 Å². The predicted molar refractivity (Wildman–Crippen MR) is 42.5 cm³/mol. The van der Waals surface area contributed by atoms with Crippen molar-refractivity contribution in [3.05, 3.63) is 30.1 Å². The standard InChI is InChI=1S/C8H10N2O/c1-4-8(11)7-5-6(2)10(3)9-7/h4-5H,1H2,2-3H3. The molecule has 11 heavy (non-hydrogen) atoms. The third kappa shape index (κ3) is 1.37. The van der Waals surface area contributed by atoms with E-state index in [1.807, 2.05) is 6.92 Å². The Bertz CT molecular complexity index is 280. The van der Waals surface area contributed by atoms with E-state index in [9.17, 15) is 4.79 Å². The molecule has 3 nitrogen and oxygen atoms in total. The first kappa shape index (κ1) is 7.72. The first-order chi connectivity index (χ1) is 5.15. The second-order valence-electron chi connectivity index (χ2n) is 2.36. The van der Waals surface area contributed by atoms with Gasteiger partial charge in [0.25, 0.3) is 0 Å². The van der Waals surface area contributed by atoms with E-state index in [1.165, 1.54) is 6.08 Å². The summed E-state index contributed by atoms with van der Waals surface area (Å²) in [5.74, 6) is -0.131. The number of hydrogen-bond donors (Lipinski definition) is 0. The van der Waals surface area contributed by atoms with Crippen LogP contribution in [0, 0.1) is 6.92 Å². The first-order valence-corrected chi connectivity index (χ1v) is 3.32. The maximum absolute atomic E-state index is 11.0. The fourth-order valence-electron chi connectivity index (χ4n) is 0.786. The number of nitrogens with zero attached hydrogens (tertiary/aromatic N) is 2. The Morgan fingerprint density at radius 1 is 1.82 bits per heavy atom. The molecule has 0 saturated carbocycles. The highest BCUT2D eigenvalue weighted by Gasteiger charge is 2.05. The van der Waals surface area contributed by atoms with Gasteiger partial charge in [-0.05, 0) is 19.1 Å². The van der Waals surface area contributed by atoms with Crippen LogP contribution in [0.4, 0.5) is 0 Å². The Morgan fingerprint density at radius 2 is 2.45 bits per heavy atom. The normalized spacial score (nSPS) is 9.64. The summed E-state index contributed by atoms with van der Waals surface area (Å²) in [4.78, 5) is 11.0. The summed E-state index contributed by atoms with van der Waals surface area (Å²) in [5, 5.41) is 3.98. The fraction of sp³-hybridized carbons (Fsp3) is 0.250. The van der Waals surface area contributed by atoms with Crippen LogP contribution in [0.2, 0.25) is 0 Å². The van der Waals surface area contributed by atoms with Crippen molar-refractivity contribution in [1.29, 1.82) is 0 Å². The molecule has 0 atom stereocenters. The molecule has 0 aromatic carbocycles. The van der Waals surface area contributed by atoms with Gasteiger partial charge >= 0.3 is 0 Å². The molecule has 0 unspecified atom stereocenters. The lowest BCUT2D eigenvalue weighted by atomic mass is 10.3. The summed E-state index contributed by atoms with van der Waals surface area (Å²) in [6, 6.07) is 1.74. The van der Waals surface area contributed by atoms with Gasteiger partial charge in [0.05, 0.1) is 0 Å². The van der Waals surface area contributed by atoms with Gasteiger partial charge in [-0.2, -0.15) is 5.10 Å². The van der Waals surface area contributed by atoms with Crippen LogP contribution in [0.25, 0.3) is 0 Å². The maximum atomic E-state index is 11.0. The molecule has 0 aliphatic carbocycles. The van der Waals surface area contributed by atoms with E-state index >= 15 is 0 Å². The minimum Gasteiger partial charge on any atom is -0.287 e. The average molecular weight is 150 g/mol. The third-order valence-corrected chi connectivity index (χ3v) is 1.55. The van der Waals surface area contributed by atoms with Crippen molar-refractivity contribution in [3.8, 4) is 0 Å². The lowest BCUT2D eigenvalue weighted by Crippen LogP contribution is -1.97. The smallest absolute Gasteiger partial charge is 0.205 e. The molecule has 1 rings (SSSR count). The lowest BCUT2D eigenvalue weighted by Gasteiger charge is -1.88. The summed E-state index contributed by atoms with van der Waals surface area (Å²) in [5.41, 5.74) is 1.43. The molecule has 0 saturated heterocycles. The Kier molecular flexibility index (Phi) is 1.89. The number of rotatable bonds is 2. The second kappa shape index (κ2) is 2.70. The zero-order valence-corrected chi connectivity index (χ0v) is 6.66. The molecule has 0 bridgehead atoms. The molecule has 0 fully saturated rings. The van der Waals surface area contributed by atoms with Crippen LogP contribution in [0.3, 0.4) is 0 Å². The van der Waals surface area contributed by atoms with Crippen molar-refractivity contribution in [2.75, 3.05) is 0 Å². The van der Waals surface area contributed by atoms with Gasteiger partial charge in [-0.3, -0.25) is 9.48 Å². The Hall–Kier alpha value is -1.38. The molecule has 0 aliphatic rings. The number of hydrogen-bond acceptors (Lipinski definition) is 2.